The standard InChI is InChI=1S/C21H20N2/c1-14-10-11-22-19-9-8-15(12-18(14)19)20-17-7-5-4-6-16(17)13-21(2,3)23-20/h4-12H,13H2,1-3H3. The van der Waals surface area contributed by atoms with Gasteiger partial charge in [0.25, 0.3) is 0 Å². The van der Waals surface area contributed by atoms with Gasteiger partial charge in [-0.3, -0.25) is 9.98 Å². The van der Waals surface area contributed by atoms with Crippen LogP contribution in [0.4, 0.5) is 0 Å². The molecule has 0 N–H and O–H groups in total. The van der Waals surface area contributed by atoms with Crippen molar-refractivity contribution in [3.63, 3.8) is 0 Å². The molecule has 1 aliphatic rings. The highest BCUT2D eigenvalue weighted by atomic mass is 14.9. The average Bonchev–Trinajstić information content (AvgIpc) is 2.53. The van der Waals surface area contributed by atoms with Crippen LogP contribution in [-0.4, -0.2) is 16.2 Å². The van der Waals surface area contributed by atoms with Gasteiger partial charge in [0.2, 0.25) is 0 Å². The fraction of sp³-hybridized carbons (Fsp3) is 0.238. The molecular weight excluding hydrogens is 280 g/mol. The fourth-order valence-corrected chi connectivity index (χ4v) is 3.42. The second-order valence-corrected chi connectivity index (χ2v) is 6.97. The zero-order valence-electron chi connectivity index (χ0n) is 13.8. The minimum atomic E-state index is -0.0668. The van der Waals surface area contributed by atoms with Crippen LogP contribution in [0.2, 0.25) is 0 Å². The van der Waals surface area contributed by atoms with Gasteiger partial charge in [-0.2, -0.15) is 0 Å². The van der Waals surface area contributed by atoms with E-state index in [1.807, 2.05) is 6.20 Å². The first-order valence-corrected chi connectivity index (χ1v) is 8.07. The normalized spacial score (nSPS) is 16.0. The van der Waals surface area contributed by atoms with E-state index in [0.29, 0.717) is 0 Å². The quantitative estimate of drug-likeness (QED) is 0.638. The van der Waals surface area contributed by atoms with E-state index in [2.05, 4.69) is 74.3 Å². The first kappa shape index (κ1) is 14.1. The number of aryl methyl sites for hydroxylation is 1. The Kier molecular flexibility index (Phi) is 3.08. The van der Waals surface area contributed by atoms with Crippen LogP contribution in [0.15, 0.2) is 59.7 Å². The molecule has 0 atom stereocenters. The molecule has 3 aromatic rings. The maximum absolute atomic E-state index is 5.06. The third-order valence-corrected chi connectivity index (χ3v) is 4.54. The van der Waals surface area contributed by atoms with E-state index in [1.54, 1.807) is 0 Å². The van der Waals surface area contributed by atoms with Crippen LogP contribution in [-0.2, 0) is 6.42 Å². The summed E-state index contributed by atoms with van der Waals surface area (Å²) in [5.41, 5.74) is 7.13. The number of aromatic nitrogens is 1. The maximum atomic E-state index is 5.06. The second kappa shape index (κ2) is 5.02. The summed E-state index contributed by atoms with van der Waals surface area (Å²) in [6, 6.07) is 17.2. The number of nitrogens with zero attached hydrogens (tertiary/aromatic N) is 2. The van der Waals surface area contributed by atoms with Gasteiger partial charge in [0.1, 0.15) is 0 Å². The van der Waals surface area contributed by atoms with E-state index in [0.717, 1.165) is 17.6 Å². The largest absolute Gasteiger partial charge is 0.278 e. The molecule has 2 aromatic carbocycles. The molecule has 114 valence electrons. The number of aliphatic imine (C=N–C) groups is 1. The summed E-state index contributed by atoms with van der Waals surface area (Å²) in [5, 5.41) is 1.20. The molecule has 0 unspecified atom stereocenters. The van der Waals surface area contributed by atoms with E-state index in [4.69, 9.17) is 4.99 Å². The lowest BCUT2D eigenvalue weighted by atomic mass is 9.85. The van der Waals surface area contributed by atoms with Gasteiger partial charge in [-0.25, -0.2) is 0 Å². The third-order valence-electron chi connectivity index (χ3n) is 4.54. The molecule has 2 heteroatoms. The van der Waals surface area contributed by atoms with Crippen molar-refractivity contribution < 1.29 is 0 Å². The summed E-state index contributed by atoms with van der Waals surface area (Å²) < 4.78 is 0. The Morgan fingerprint density at radius 3 is 2.70 bits per heavy atom. The lowest BCUT2D eigenvalue weighted by Gasteiger charge is -2.29. The SMILES string of the molecule is Cc1ccnc2ccc(C3=NC(C)(C)Cc4ccccc43)cc12. The van der Waals surface area contributed by atoms with Gasteiger partial charge in [0.15, 0.2) is 0 Å². The molecule has 0 radical (unpaired) electrons. The van der Waals surface area contributed by atoms with Crippen LogP contribution in [0.5, 0.6) is 0 Å². The van der Waals surface area contributed by atoms with Crippen molar-refractivity contribution in [1.82, 2.24) is 4.98 Å². The van der Waals surface area contributed by atoms with Gasteiger partial charge in [0.05, 0.1) is 16.8 Å². The van der Waals surface area contributed by atoms with Crippen molar-refractivity contribution in [2.75, 3.05) is 0 Å². The summed E-state index contributed by atoms with van der Waals surface area (Å²) in [4.78, 5) is 9.52. The zero-order valence-corrected chi connectivity index (χ0v) is 13.8. The molecule has 0 aliphatic carbocycles. The molecule has 0 saturated carbocycles. The van der Waals surface area contributed by atoms with Crippen LogP contribution in [0, 0.1) is 6.92 Å². The minimum absolute atomic E-state index is 0.0668. The van der Waals surface area contributed by atoms with E-state index < -0.39 is 0 Å². The Labute approximate surface area is 136 Å². The Hall–Kier alpha value is -2.48. The smallest absolute Gasteiger partial charge is 0.0728 e. The summed E-state index contributed by atoms with van der Waals surface area (Å²) in [6.07, 6.45) is 2.86. The molecule has 23 heavy (non-hydrogen) atoms. The first-order valence-electron chi connectivity index (χ1n) is 8.07. The van der Waals surface area contributed by atoms with Crippen molar-refractivity contribution >= 4 is 16.6 Å². The highest BCUT2D eigenvalue weighted by molar-refractivity contribution is 6.15. The summed E-state index contributed by atoms with van der Waals surface area (Å²) in [5.74, 6) is 0. The molecule has 4 rings (SSSR count). The Balaban J connectivity index is 1.95. The first-order chi connectivity index (χ1) is 11.0. The van der Waals surface area contributed by atoms with Crippen LogP contribution >= 0.6 is 0 Å². The van der Waals surface area contributed by atoms with E-state index in [1.165, 1.54) is 27.6 Å². The fourth-order valence-electron chi connectivity index (χ4n) is 3.42. The molecule has 1 aromatic heterocycles. The van der Waals surface area contributed by atoms with E-state index in [9.17, 15) is 0 Å². The lowest BCUT2D eigenvalue weighted by molar-refractivity contribution is 0.513. The number of rotatable bonds is 1. The monoisotopic (exact) mass is 300 g/mol. The number of benzene rings is 2. The van der Waals surface area contributed by atoms with Crippen LogP contribution in [0.25, 0.3) is 10.9 Å². The molecule has 0 bridgehead atoms. The third kappa shape index (κ3) is 2.44. The molecule has 0 saturated heterocycles. The molecule has 2 nitrogen and oxygen atoms in total. The summed E-state index contributed by atoms with van der Waals surface area (Å²) in [6.45, 7) is 6.54. The average molecular weight is 300 g/mol. The van der Waals surface area contributed by atoms with Crippen molar-refractivity contribution in [2.24, 2.45) is 4.99 Å². The lowest BCUT2D eigenvalue weighted by Crippen LogP contribution is -2.29. The van der Waals surface area contributed by atoms with Crippen molar-refractivity contribution in [1.29, 1.82) is 0 Å². The molecule has 1 aliphatic heterocycles. The molecule has 0 fully saturated rings. The van der Waals surface area contributed by atoms with E-state index >= 15 is 0 Å². The Morgan fingerprint density at radius 1 is 1.00 bits per heavy atom. The molecule has 0 spiro atoms. The Morgan fingerprint density at radius 2 is 1.83 bits per heavy atom. The highest BCUT2D eigenvalue weighted by Gasteiger charge is 2.27. The maximum Gasteiger partial charge on any atom is 0.0728 e. The zero-order chi connectivity index (χ0) is 16.0. The second-order valence-electron chi connectivity index (χ2n) is 6.97. The van der Waals surface area contributed by atoms with Crippen LogP contribution in [0.1, 0.15) is 36.1 Å². The van der Waals surface area contributed by atoms with Crippen LogP contribution < -0.4 is 0 Å². The Bertz CT molecular complexity index is 935. The summed E-state index contributed by atoms with van der Waals surface area (Å²) in [7, 11) is 0. The van der Waals surface area contributed by atoms with Gasteiger partial charge in [-0.15, -0.1) is 0 Å². The number of pyridine rings is 1. The minimum Gasteiger partial charge on any atom is -0.278 e. The molecule has 0 amide bonds. The van der Waals surface area contributed by atoms with E-state index in [-0.39, 0.29) is 5.54 Å². The predicted molar refractivity (Wildman–Crippen MR) is 96.3 cm³/mol. The molecular formula is C21H20N2. The topological polar surface area (TPSA) is 25.2 Å². The summed E-state index contributed by atoms with van der Waals surface area (Å²) >= 11 is 0. The van der Waals surface area contributed by atoms with Crippen molar-refractivity contribution in [3.8, 4) is 0 Å². The number of hydrogen-bond acceptors (Lipinski definition) is 2. The van der Waals surface area contributed by atoms with Gasteiger partial charge >= 0.3 is 0 Å². The van der Waals surface area contributed by atoms with Crippen molar-refractivity contribution in [2.45, 2.75) is 32.7 Å². The number of fused-ring (bicyclic) bond motifs is 2. The van der Waals surface area contributed by atoms with Gasteiger partial charge in [0, 0.05) is 22.7 Å². The highest BCUT2D eigenvalue weighted by Crippen LogP contribution is 2.30. The predicted octanol–water partition coefficient (Wildman–Crippen LogP) is 4.72. The number of hydrogen-bond donors (Lipinski definition) is 0. The van der Waals surface area contributed by atoms with Gasteiger partial charge in [-0.1, -0.05) is 30.3 Å². The van der Waals surface area contributed by atoms with Crippen molar-refractivity contribution in [3.05, 3.63) is 77.0 Å². The van der Waals surface area contributed by atoms with Gasteiger partial charge in [-0.05, 0) is 56.5 Å². The van der Waals surface area contributed by atoms with Gasteiger partial charge < -0.3 is 0 Å². The van der Waals surface area contributed by atoms with Crippen LogP contribution in [0.3, 0.4) is 0 Å². The molecule has 2 heterocycles.